The molecule has 124 valence electrons. The zero-order valence-electron chi connectivity index (χ0n) is 12.2. The molecule has 0 heterocycles. The number of ether oxygens (including phenoxy) is 1. The maximum Gasteiger partial charge on any atom is 0.338 e. The van der Waals surface area contributed by atoms with Gasteiger partial charge in [-0.2, -0.15) is 0 Å². The van der Waals surface area contributed by atoms with E-state index >= 15 is 0 Å². The van der Waals surface area contributed by atoms with Gasteiger partial charge in [-0.3, -0.25) is 20.4 Å². The molecule has 0 aliphatic carbocycles. The Hall–Kier alpha value is -2.57. The predicted octanol–water partition coefficient (Wildman–Crippen LogP) is 2.61. The number of hydrogen-bond donors (Lipinski definition) is 2. The molecule has 24 heavy (non-hydrogen) atoms. The number of halogens is 2. The molecule has 0 bridgehead atoms. The Balaban J connectivity index is 1.79. The van der Waals surface area contributed by atoms with Crippen LogP contribution in [0.1, 0.15) is 20.7 Å². The van der Waals surface area contributed by atoms with Gasteiger partial charge in [0.05, 0.1) is 16.1 Å². The molecule has 0 fully saturated rings. The zero-order valence-corrected chi connectivity index (χ0v) is 13.7. The van der Waals surface area contributed by atoms with Crippen molar-refractivity contribution in [3.05, 3.63) is 69.7 Å². The van der Waals surface area contributed by atoms with Crippen molar-refractivity contribution in [1.29, 1.82) is 0 Å². The van der Waals surface area contributed by atoms with Gasteiger partial charge in [-0.05, 0) is 36.4 Å². The average Bonchev–Trinajstić information content (AvgIpc) is 2.58. The van der Waals surface area contributed by atoms with Crippen LogP contribution in [0.4, 0.5) is 0 Å². The van der Waals surface area contributed by atoms with E-state index in [-0.39, 0.29) is 16.1 Å². The van der Waals surface area contributed by atoms with Gasteiger partial charge < -0.3 is 4.74 Å². The van der Waals surface area contributed by atoms with E-state index in [2.05, 4.69) is 10.9 Å². The second-order valence-electron chi connectivity index (χ2n) is 4.57. The van der Waals surface area contributed by atoms with Crippen molar-refractivity contribution in [3.8, 4) is 0 Å². The number of nitrogens with one attached hydrogen (secondary N) is 2. The van der Waals surface area contributed by atoms with Crippen molar-refractivity contribution in [3.63, 3.8) is 0 Å². The highest BCUT2D eigenvalue weighted by Gasteiger charge is 2.13. The molecule has 2 amide bonds. The van der Waals surface area contributed by atoms with Gasteiger partial charge in [0, 0.05) is 5.02 Å². The highest BCUT2D eigenvalue weighted by atomic mass is 35.5. The van der Waals surface area contributed by atoms with Crippen molar-refractivity contribution in [2.75, 3.05) is 6.61 Å². The summed E-state index contributed by atoms with van der Waals surface area (Å²) in [5.74, 6) is -1.96. The lowest BCUT2D eigenvalue weighted by Crippen LogP contribution is -2.43. The van der Waals surface area contributed by atoms with E-state index in [4.69, 9.17) is 27.9 Å². The molecule has 2 N–H and O–H groups in total. The number of rotatable bonds is 4. The Labute approximate surface area is 147 Å². The third-order valence-corrected chi connectivity index (χ3v) is 3.43. The average molecular weight is 367 g/mol. The van der Waals surface area contributed by atoms with Gasteiger partial charge >= 0.3 is 5.97 Å². The number of hydrazine groups is 1. The van der Waals surface area contributed by atoms with Crippen LogP contribution in [-0.4, -0.2) is 24.4 Å². The van der Waals surface area contributed by atoms with Crippen LogP contribution in [0.25, 0.3) is 0 Å². The molecule has 8 heteroatoms. The van der Waals surface area contributed by atoms with Crippen molar-refractivity contribution in [2.45, 2.75) is 0 Å². The molecule has 0 saturated heterocycles. The molecule has 6 nitrogen and oxygen atoms in total. The van der Waals surface area contributed by atoms with E-state index in [1.165, 1.54) is 30.3 Å². The van der Waals surface area contributed by atoms with E-state index in [1.54, 1.807) is 18.2 Å². The van der Waals surface area contributed by atoms with E-state index < -0.39 is 24.4 Å². The zero-order chi connectivity index (χ0) is 17.5. The first-order valence-electron chi connectivity index (χ1n) is 6.74. The molecular formula is C16H12Cl2N2O4. The molecule has 0 spiro atoms. The highest BCUT2D eigenvalue weighted by Crippen LogP contribution is 2.14. The summed E-state index contributed by atoms with van der Waals surface area (Å²) in [5, 5.41) is 0.727. The number of carbonyl (C=O) groups excluding carboxylic acids is 3. The molecule has 0 radical (unpaired) electrons. The number of esters is 1. The summed E-state index contributed by atoms with van der Waals surface area (Å²) >= 11 is 11.6. The van der Waals surface area contributed by atoms with Gasteiger partial charge in [0.1, 0.15) is 0 Å². The maximum absolute atomic E-state index is 11.8. The van der Waals surface area contributed by atoms with Gasteiger partial charge in [-0.15, -0.1) is 0 Å². The van der Waals surface area contributed by atoms with Crippen LogP contribution in [0.2, 0.25) is 10.0 Å². The summed E-state index contributed by atoms with van der Waals surface area (Å²) in [6.45, 7) is -0.551. The van der Waals surface area contributed by atoms with Crippen LogP contribution in [0.15, 0.2) is 48.5 Å². The van der Waals surface area contributed by atoms with Crippen molar-refractivity contribution < 1.29 is 19.1 Å². The van der Waals surface area contributed by atoms with Crippen LogP contribution in [0.5, 0.6) is 0 Å². The van der Waals surface area contributed by atoms with E-state index in [1.807, 2.05) is 0 Å². The lowest BCUT2D eigenvalue weighted by molar-refractivity contribution is -0.125. The fourth-order valence-electron chi connectivity index (χ4n) is 1.68. The third kappa shape index (κ3) is 4.97. The van der Waals surface area contributed by atoms with E-state index in [0.717, 1.165) is 0 Å². The number of carbonyl (C=O) groups is 3. The Morgan fingerprint density at radius 3 is 2.25 bits per heavy atom. The Morgan fingerprint density at radius 1 is 0.917 bits per heavy atom. The van der Waals surface area contributed by atoms with Crippen LogP contribution in [-0.2, 0) is 9.53 Å². The second-order valence-corrected chi connectivity index (χ2v) is 5.41. The third-order valence-electron chi connectivity index (χ3n) is 2.85. The molecule has 0 aromatic heterocycles. The van der Waals surface area contributed by atoms with Gasteiger partial charge in [0.2, 0.25) is 0 Å². The van der Waals surface area contributed by atoms with Crippen molar-refractivity contribution in [2.24, 2.45) is 0 Å². The van der Waals surface area contributed by atoms with Gasteiger partial charge in [0.25, 0.3) is 11.8 Å². The summed E-state index contributed by atoms with van der Waals surface area (Å²) in [7, 11) is 0. The minimum absolute atomic E-state index is 0.206. The lowest BCUT2D eigenvalue weighted by atomic mass is 10.2. The van der Waals surface area contributed by atoms with Crippen LogP contribution >= 0.6 is 23.2 Å². The molecule has 0 aliphatic rings. The molecule has 0 atom stereocenters. The Kier molecular flexibility index (Phi) is 6.17. The minimum atomic E-state index is -0.697. The van der Waals surface area contributed by atoms with Gasteiger partial charge in [0.15, 0.2) is 6.61 Å². The second kappa shape index (κ2) is 8.33. The van der Waals surface area contributed by atoms with Crippen LogP contribution in [0, 0.1) is 0 Å². The van der Waals surface area contributed by atoms with E-state index in [9.17, 15) is 14.4 Å². The summed E-state index contributed by atoms with van der Waals surface area (Å²) in [6.07, 6.45) is 0. The Morgan fingerprint density at radius 2 is 1.58 bits per heavy atom. The molecular weight excluding hydrogens is 355 g/mol. The summed E-state index contributed by atoms with van der Waals surface area (Å²) in [4.78, 5) is 35.1. The number of benzene rings is 2. The van der Waals surface area contributed by atoms with Gasteiger partial charge in [-0.25, -0.2) is 4.79 Å². The first-order chi connectivity index (χ1) is 11.5. The van der Waals surface area contributed by atoms with E-state index in [0.29, 0.717) is 5.02 Å². The molecule has 0 saturated carbocycles. The first-order valence-corrected chi connectivity index (χ1v) is 7.49. The Bertz CT molecular complexity index is 763. The predicted molar refractivity (Wildman–Crippen MR) is 88.8 cm³/mol. The molecule has 0 unspecified atom stereocenters. The first kappa shape index (κ1) is 17.8. The summed E-state index contributed by atoms with van der Waals surface area (Å²) in [5.41, 5.74) is 4.77. The number of hydrogen-bond acceptors (Lipinski definition) is 4. The standard InChI is InChI=1S/C16H12Cl2N2O4/c17-11-7-5-10(6-8-11)16(23)24-9-14(21)19-20-15(22)12-3-1-2-4-13(12)18/h1-8H,9H2,(H,19,21)(H,20,22). The highest BCUT2D eigenvalue weighted by molar-refractivity contribution is 6.33. The van der Waals surface area contributed by atoms with Crippen molar-refractivity contribution >= 4 is 41.0 Å². The molecule has 2 aromatic carbocycles. The molecule has 2 rings (SSSR count). The quantitative estimate of drug-likeness (QED) is 0.643. The topological polar surface area (TPSA) is 84.5 Å². The molecule has 0 aliphatic heterocycles. The minimum Gasteiger partial charge on any atom is -0.452 e. The SMILES string of the molecule is O=C(COC(=O)c1ccc(Cl)cc1)NNC(=O)c1ccccc1Cl. The summed E-state index contributed by atoms with van der Waals surface area (Å²) < 4.78 is 4.82. The summed E-state index contributed by atoms with van der Waals surface area (Å²) in [6, 6.07) is 12.4. The van der Waals surface area contributed by atoms with Crippen molar-refractivity contribution in [1.82, 2.24) is 10.9 Å². The lowest BCUT2D eigenvalue weighted by Gasteiger charge is -2.09. The monoisotopic (exact) mass is 366 g/mol. The maximum atomic E-state index is 11.8. The fraction of sp³-hybridized carbons (Fsp3) is 0.0625. The number of amides is 2. The molecule has 2 aromatic rings. The smallest absolute Gasteiger partial charge is 0.338 e. The van der Waals surface area contributed by atoms with Crippen LogP contribution < -0.4 is 10.9 Å². The largest absolute Gasteiger partial charge is 0.452 e. The fourth-order valence-corrected chi connectivity index (χ4v) is 2.02. The van der Waals surface area contributed by atoms with Crippen LogP contribution in [0.3, 0.4) is 0 Å². The van der Waals surface area contributed by atoms with Gasteiger partial charge in [-0.1, -0.05) is 35.3 Å². The normalized spacial score (nSPS) is 9.92.